The van der Waals surface area contributed by atoms with Crippen molar-refractivity contribution < 1.29 is 22.1 Å². The Balaban J connectivity index is 2.39. The molecule has 1 fully saturated rings. The summed E-state index contributed by atoms with van der Waals surface area (Å²) in [6.45, 7) is 2.93. The summed E-state index contributed by atoms with van der Waals surface area (Å²) in [5.41, 5.74) is 0. The predicted molar refractivity (Wildman–Crippen MR) is 52.9 cm³/mol. The van der Waals surface area contributed by atoms with E-state index in [9.17, 15) is 13.2 Å². The van der Waals surface area contributed by atoms with Crippen molar-refractivity contribution in [2.24, 2.45) is 0 Å². The van der Waals surface area contributed by atoms with Crippen molar-refractivity contribution in [2.45, 2.75) is 19.4 Å². The van der Waals surface area contributed by atoms with E-state index in [4.69, 9.17) is 4.74 Å². The van der Waals surface area contributed by atoms with Crippen LogP contribution in [0.1, 0.15) is 13.3 Å². The van der Waals surface area contributed by atoms with Gasteiger partial charge in [-0.2, -0.15) is 8.42 Å². The summed E-state index contributed by atoms with van der Waals surface area (Å²) >= 11 is 0. The standard InChI is InChI=1S/C8H15NO5S/c1-3-9-5-4-7(14-8(9)10)6-13-15(2,11)12/h7H,3-6H2,1-2H3/t7-/m0/s1. The lowest BCUT2D eigenvalue weighted by Gasteiger charge is -2.30. The topological polar surface area (TPSA) is 72.9 Å². The second kappa shape index (κ2) is 4.80. The molecule has 0 spiro atoms. The maximum absolute atomic E-state index is 11.3. The van der Waals surface area contributed by atoms with E-state index < -0.39 is 22.3 Å². The molecule has 1 aliphatic heterocycles. The molecule has 1 saturated heterocycles. The molecule has 88 valence electrons. The first-order valence-electron chi connectivity index (χ1n) is 4.72. The highest BCUT2D eigenvalue weighted by Crippen LogP contribution is 2.12. The van der Waals surface area contributed by atoms with Crippen LogP contribution >= 0.6 is 0 Å². The van der Waals surface area contributed by atoms with Gasteiger partial charge in [0.2, 0.25) is 0 Å². The van der Waals surface area contributed by atoms with Crippen LogP contribution in [0, 0.1) is 0 Å². The van der Waals surface area contributed by atoms with Crippen molar-refractivity contribution >= 4 is 16.2 Å². The molecule has 0 aliphatic carbocycles. The third-order valence-electron chi connectivity index (χ3n) is 2.10. The fourth-order valence-corrected chi connectivity index (χ4v) is 1.67. The van der Waals surface area contributed by atoms with Gasteiger partial charge in [-0.3, -0.25) is 4.18 Å². The Bertz CT molecular complexity index is 326. The average molecular weight is 237 g/mol. The molecular formula is C8H15NO5S. The number of cyclic esters (lactones) is 1. The molecule has 1 heterocycles. The Kier molecular flexibility index (Phi) is 3.92. The van der Waals surface area contributed by atoms with E-state index in [0.717, 1.165) is 6.26 Å². The van der Waals surface area contributed by atoms with Crippen molar-refractivity contribution in [1.82, 2.24) is 4.90 Å². The fraction of sp³-hybridized carbons (Fsp3) is 0.875. The molecule has 0 saturated carbocycles. The Morgan fingerprint density at radius 1 is 1.60 bits per heavy atom. The number of rotatable bonds is 4. The number of amides is 1. The molecule has 1 rings (SSSR count). The predicted octanol–water partition coefficient (Wildman–Crippen LogP) is 0.193. The van der Waals surface area contributed by atoms with E-state index >= 15 is 0 Å². The summed E-state index contributed by atoms with van der Waals surface area (Å²) < 4.78 is 31.0. The summed E-state index contributed by atoms with van der Waals surface area (Å²) in [5.74, 6) is 0. The molecule has 0 aromatic carbocycles. The minimum Gasteiger partial charge on any atom is -0.444 e. The first-order valence-corrected chi connectivity index (χ1v) is 6.54. The van der Waals surface area contributed by atoms with Crippen LogP contribution < -0.4 is 0 Å². The van der Waals surface area contributed by atoms with Gasteiger partial charge < -0.3 is 9.64 Å². The summed E-state index contributed by atoms with van der Waals surface area (Å²) in [6.07, 6.45) is 0.686. The van der Waals surface area contributed by atoms with E-state index in [1.54, 1.807) is 4.90 Å². The van der Waals surface area contributed by atoms with E-state index in [1.807, 2.05) is 6.92 Å². The molecule has 0 aromatic rings. The SMILES string of the molecule is CCN1CC[C@@H](COS(C)(=O)=O)OC1=O. The number of hydrogen-bond donors (Lipinski definition) is 0. The van der Waals surface area contributed by atoms with Gasteiger partial charge >= 0.3 is 6.09 Å². The van der Waals surface area contributed by atoms with Crippen molar-refractivity contribution in [3.8, 4) is 0 Å². The van der Waals surface area contributed by atoms with Crippen molar-refractivity contribution in [3.05, 3.63) is 0 Å². The molecule has 1 amide bonds. The van der Waals surface area contributed by atoms with Gasteiger partial charge in [-0.25, -0.2) is 4.79 Å². The highest BCUT2D eigenvalue weighted by Gasteiger charge is 2.26. The lowest BCUT2D eigenvalue weighted by molar-refractivity contribution is 0.00671. The summed E-state index contributed by atoms with van der Waals surface area (Å²) in [5, 5.41) is 0. The minimum absolute atomic E-state index is 0.0951. The molecule has 1 atom stereocenters. The van der Waals surface area contributed by atoms with Crippen LogP contribution in [0.15, 0.2) is 0 Å². The lowest BCUT2D eigenvalue weighted by atomic mass is 10.2. The smallest absolute Gasteiger partial charge is 0.410 e. The second-order valence-corrected chi connectivity index (χ2v) is 5.01. The van der Waals surface area contributed by atoms with E-state index in [1.165, 1.54) is 0 Å². The largest absolute Gasteiger partial charge is 0.444 e. The summed E-state index contributed by atoms with van der Waals surface area (Å²) in [4.78, 5) is 12.8. The third kappa shape index (κ3) is 4.05. The number of carbonyl (C=O) groups excluding carboxylic acids is 1. The van der Waals surface area contributed by atoms with Gasteiger partial charge in [-0.15, -0.1) is 0 Å². The molecule has 0 bridgehead atoms. The van der Waals surface area contributed by atoms with Crippen LogP contribution in [0.4, 0.5) is 4.79 Å². The molecule has 15 heavy (non-hydrogen) atoms. The van der Waals surface area contributed by atoms with E-state index in [0.29, 0.717) is 19.5 Å². The molecular weight excluding hydrogens is 222 g/mol. The molecule has 0 radical (unpaired) electrons. The molecule has 6 nitrogen and oxygen atoms in total. The highest BCUT2D eigenvalue weighted by atomic mass is 32.2. The van der Waals surface area contributed by atoms with Gasteiger partial charge in [-0.1, -0.05) is 0 Å². The molecule has 1 aliphatic rings. The van der Waals surface area contributed by atoms with Crippen LogP contribution in [-0.4, -0.2) is 51.5 Å². The zero-order chi connectivity index (χ0) is 11.5. The minimum atomic E-state index is -3.46. The molecule has 0 N–H and O–H groups in total. The number of carbonyl (C=O) groups is 1. The quantitative estimate of drug-likeness (QED) is 0.653. The monoisotopic (exact) mass is 237 g/mol. The van der Waals surface area contributed by atoms with Crippen LogP contribution in [0.3, 0.4) is 0 Å². The zero-order valence-corrected chi connectivity index (χ0v) is 9.62. The lowest BCUT2D eigenvalue weighted by Crippen LogP contribution is -2.43. The maximum Gasteiger partial charge on any atom is 0.410 e. The normalized spacial score (nSPS) is 22.7. The van der Waals surface area contributed by atoms with Crippen LogP contribution in [0.5, 0.6) is 0 Å². The van der Waals surface area contributed by atoms with Gasteiger partial charge in [0.05, 0.1) is 6.26 Å². The highest BCUT2D eigenvalue weighted by molar-refractivity contribution is 7.85. The Labute approximate surface area is 89.3 Å². The van der Waals surface area contributed by atoms with Crippen LogP contribution in [-0.2, 0) is 19.0 Å². The van der Waals surface area contributed by atoms with Gasteiger partial charge in [0, 0.05) is 19.5 Å². The molecule has 7 heteroatoms. The van der Waals surface area contributed by atoms with Crippen molar-refractivity contribution in [3.63, 3.8) is 0 Å². The number of nitrogens with zero attached hydrogens (tertiary/aromatic N) is 1. The van der Waals surface area contributed by atoms with Gasteiger partial charge in [-0.05, 0) is 6.92 Å². The molecule has 0 aromatic heterocycles. The Morgan fingerprint density at radius 3 is 2.73 bits per heavy atom. The summed E-state index contributed by atoms with van der Waals surface area (Å²) in [6, 6.07) is 0. The number of ether oxygens (including phenoxy) is 1. The second-order valence-electron chi connectivity index (χ2n) is 3.36. The Hall–Kier alpha value is -0.820. The van der Waals surface area contributed by atoms with Crippen molar-refractivity contribution in [1.29, 1.82) is 0 Å². The van der Waals surface area contributed by atoms with Gasteiger partial charge in [0.15, 0.2) is 0 Å². The van der Waals surface area contributed by atoms with E-state index in [2.05, 4.69) is 4.18 Å². The maximum atomic E-state index is 11.3. The van der Waals surface area contributed by atoms with Crippen molar-refractivity contribution in [2.75, 3.05) is 26.0 Å². The van der Waals surface area contributed by atoms with Gasteiger partial charge in [0.25, 0.3) is 10.1 Å². The van der Waals surface area contributed by atoms with E-state index in [-0.39, 0.29) is 6.61 Å². The number of hydrogen-bond acceptors (Lipinski definition) is 5. The first kappa shape index (κ1) is 12.3. The van der Waals surface area contributed by atoms with Crippen LogP contribution in [0.25, 0.3) is 0 Å². The summed E-state index contributed by atoms with van der Waals surface area (Å²) in [7, 11) is -3.46. The Morgan fingerprint density at radius 2 is 2.27 bits per heavy atom. The third-order valence-corrected chi connectivity index (χ3v) is 2.66. The first-order chi connectivity index (χ1) is 6.92. The van der Waals surface area contributed by atoms with Crippen LogP contribution in [0.2, 0.25) is 0 Å². The van der Waals surface area contributed by atoms with Gasteiger partial charge in [0.1, 0.15) is 12.7 Å². The zero-order valence-electron chi connectivity index (χ0n) is 8.80. The fourth-order valence-electron chi connectivity index (χ4n) is 1.27. The average Bonchev–Trinajstić information content (AvgIpc) is 2.14. The molecule has 0 unspecified atom stereocenters.